The van der Waals surface area contributed by atoms with Crippen LogP contribution in [0.25, 0.3) is 0 Å². The maximum atomic E-state index is 2.68. The maximum absolute atomic E-state index is 2.68. The monoisotopic (exact) mass is 196 g/mol. The molecule has 2 aliphatic carbocycles. The lowest BCUT2D eigenvalue weighted by atomic mass is 10.3. The first kappa shape index (κ1) is 9.76. The van der Waals surface area contributed by atoms with Crippen molar-refractivity contribution in [1.82, 2.24) is 0 Å². The molecule has 0 aliphatic heterocycles. The fourth-order valence-electron chi connectivity index (χ4n) is 3.67. The highest BCUT2D eigenvalue weighted by Crippen LogP contribution is 2.49. The first-order valence-electron chi connectivity index (χ1n) is 6.21. The highest BCUT2D eigenvalue weighted by molar-refractivity contribution is 6.80. The molecule has 2 aliphatic rings. The van der Waals surface area contributed by atoms with E-state index in [-0.39, 0.29) is 0 Å². The van der Waals surface area contributed by atoms with Gasteiger partial charge in [-0.15, -0.1) is 0 Å². The fraction of sp³-hybridized carbons (Fsp3) is 1.00. The molecule has 0 aromatic carbocycles. The highest BCUT2D eigenvalue weighted by Gasteiger charge is 2.40. The maximum Gasteiger partial charge on any atom is 0.0535 e. The number of hydrogen-bond acceptors (Lipinski definition) is 0. The van der Waals surface area contributed by atoms with Crippen LogP contribution >= 0.6 is 0 Å². The van der Waals surface area contributed by atoms with Gasteiger partial charge in [-0.25, -0.2) is 0 Å². The van der Waals surface area contributed by atoms with Gasteiger partial charge in [0.25, 0.3) is 0 Å². The molecule has 0 unspecified atom stereocenters. The summed E-state index contributed by atoms with van der Waals surface area (Å²) in [5, 5.41) is 0. The van der Waals surface area contributed by atoms with E-state index >= 15 is 0 Å². The minimum Gasteiger partial charge on any atom is -0.0689 e. The van der Waals surface area contributed by atoms with Gasteiger partial charge in [-0.1, -0.05) is 64.5 Å². The molecule has 0 radical (unpaired) electrons. The van der Waals surface area contributed by atoms with Crippen molar-refractivity contribution < 1.29 is 0 Å². The van der Waals surface area contributed by atoms with Crippen LogP contribution in [0.3, 0.4) is 0 Å². The SMILES string of the molecule is C[Si](C)(C1CCCC1)C1CCCC1. The van der Waals surface area contributed by atoms with Crippen molar-refractivity contribution in [2.75, 3.05) is 0 Å². The highest BCUT2D eigenvalue weighted by atomic mass is 28.3. The van der Waals surface area contributed by atoms with Crippen molar-refractivity contribution in [2.45, 2.75) is 75.5 Å². The van der Waals surface area contributed by atoms with Crippen molar-refractivity contribution >= 4 is 8.07 Å². The fourth-order valence-corrected chi connectivity index (χ4v) is 8.13. The molecule has 0 bridgehead atoms. The first-order valence-corrected chi connectivity index (χ1v) is 9.37. The van der Waals surface area contributed by atoms with E-state index in [2.05, 4.69) is 13.1 Å². The summed E-state index contributed by atoms with van der Waals surface area (Å²) < 4.78 is 0. The Labute approximate surface area is 84.1 Å². The summed E-state index contributed by atoms with van der Waals surface area (Å²) in [6.45, 7) is 5.36. The van der Waals surface area contributed by atoms with E-state index in [1.54, 1.807) is 25.7 Å². The summed E-state index contributed by atoms with van der Waals surface area (Å²) >= 11 is 0. The van der Waals surface area contributed by atoms with E-state index < -0.39 is 8.07 Å². The van der Waals surface area contributed by atoms with Gasteiger partial charge < -0.3 is 0 Å². The summed E-state index contributed by atoms with van der Waals surface area (Å²) in [4.78, 5) is 0. The molecule has 2 fully saturated rings. The smallest absolute Gasteiger partial charge is 0.0535 e. The average molecular weight is 196 g/mol. The predicted molar refractivity (Wildman–Crippen MR) is 61.9 cm³/mol. The van der Waals surface area contributed by atoms with E-state index in [4.69, 9.17) is 0 Å². The molecule has 0 spiro atoms. The van der Waals surface area contributed by atoms with Crippen LogP contribution < -0.4 is 0 Å². The largest absolute Gasteiger partial charge is 0.0689 e. The van der Waals surface area contributed by atoms with Crippen molar-refractivity contribution in [3.05, 3.63) is 0 Å². The van der Waals surface area contributed by atoms with Crippen molar-refractivity contribution in [1.29, 1.82) is 0 Å². The molecule has 0 nitrogen and oxygen atoms in total. The van der Waals surface area contributed by atoms with Gasteiger partial charge in [0.15, 0.2) is 0 Å². The third-order valence-corrected chi connectivity index (χ3v) is 10.2. The van der Waals surface area contributed by atoms with E-state index in [0.29, 0.717) is 0 Å². The Kier molecular flexibility index (Phi) is 2.82. The summed E-state index contributed by atoms with van der Waals surface area (Å²) in [6, 6.07) is 0. The Morgan fingerprint density at radius 2 is 1.00 bits per heavy atom. The summed E-state index contributed by atoms with van der Waals surface area (Å²) in [6.07, 6.45) is 12.5. The van der Waals surface area contributed by atoms with Gasteiger partial charge in [-0.2, -0.15) is 0 Å². The van der Waals surface area contributed by atoms with Crippen molar-refractivity contribution in [3.8, 4) is 0 Å². The molecule has 2 saturated carbocycles. The van der Waals surface area contributed by atoms with Crippen LogP contribution in [0.4, 0.5) is 0 Å². The van der Waals surface area contributed by atoms with E-state index in [0.717, 1.165) is 0 Å². The second-order valence-electron chi connectivity index (χ2n) is 5.78. The third kappa shape index (κ3) is 1.86. The third-order valence-electron chi connectivity index (χ3n) is 4.81. The Balaban J connectivity index is 1.99. The topological polar surface area (TPSA) is 0 Å². The van der Waals surface area contributed by atoms with Crippen LogP contribution in [0.1, 0.15) is 51.4 Å². The molecule has 0 saturated heterocycles. The quantitative estimate of drug-likeness (QED) is 0.567. The minimum atomic E-state index is -0.837. The molecule has 0 aromatic heterocycles. The van der Waals surface area contributed by atoms with E-state index in [1.165, 1.54) is 36.8 Å². The second kappa shape index (κ2) is 3.76. The lowest BCUT2D eigenvalue weighted by Crippen LogP contribution is -2.36. The Morgan fingerprint density at radius 3 is 1.31 bits per heavy atom. The van der Waals surface area contributed by atoms with E-state index in [9.17, 15) is 0 Å². The van der Waals surface area contributed by atoms with Crippen LogP contribution in [0, 0.1) is 0 Å². The molecule has 0 heterocycles. The first-order chi connectivity index (χ1) is 6.21. The lowest BCUT2D eigenvalue weighted by molar-refractivity contribution is 0.751. The van der Waals surface area contributed by atoms with Crippen LogP contribution in [0.15, 0.2) is 0 Å². The second-order valence-corrected chi connectivity index (χ2v) is 11.1. The Hall–Kier alpha value is 0.217. The number of hydrogen-bond donors (Lipinski definition) is 0. The van der Waals surface area contributed by atoms with Gasteiger partial charge in [-0.3, -0.25) is 0 Å². The molecular formula is C12H24Si. The molecule has 0 N–H and O–H groups in total. The van der Waals surface area contributed by atoms with Gasteiger partial charge in [-0.05, 0) is 11.1 Å². The van der Waals surface area contributed by atoms with Crippen molar-refractivity contribution in [2.24, 2.45) is 0 Å². The van der Waals surface area contributed by atoms with Gasteiger partial charge in [0.2, 0.25) is 0 Å². The Morgan fingerprint density at radius 1 is 0.692 bits per heavy atom. The minimum absolute atomic E-state index is 0.837. The van der Waals surface area contributed by atoms with Crippen LogP contribution in [-0.4, -0.2) is 8.07 Å². The van der Waals surface area contributed by atoms with E-state index in [1.807, 2.05) is 0 Å². The summed E-state index contributed by atoms with van der Waals surface area (Å²) in [7, 11) is -0.837. The van der Waals surface area contributed by atoms with Crippen LogP contribution in [-0.2, 0) is 0 Å². The zero-order valence-electron chi connectivity index (χ0n) is 9.31. The zero-order valence-corrected chi connectivity index (χ0v) is 10.3. The molecule has 0 aromatic rings. The standard InChI is InChI=1S/C12H24Si/c1-13(2,11-7-3-4-8-11)12-9-5-6-10-12/h11-12H,3-10H2,1-2H3. The average Bonchev–Trinajstić information content (AvgIpc) is 2.78. The van der Waals surface area contributed by atoms with Gasteiger partial charge in [0.05, 0.1) is 8.07 Å². The van der Waals surface area contributed by atoms with Crippen molar-refractivity contribution in [3.63, 3.8) is 0 Å². The summed E-state index contributed by atoms with van der Waals surface area (Å²) in [5.41, 5.74) is 2.38. The molecular weight excluding hydrogens is 172 g/mol. The molecule has 2 rings (SSSR count). The zero-order chi connectivity index (χ0) is 9.31. The summed E-state index contributed by atoms with van der Waals surface area (Å²) in [5.74, 6) is 0. The normalized spacial score (nSPS) is 27.2. The molecule has 0 atom stereocenters. The molecule has 76 valence electrons. The molecule has 1 heteroatoms. The van der Waals surface area contributed by atoms with Gasteiger partial charge in [0, 0.05) is 0 Å². The number of rotatable bonds is 2. The lowest BCUT2D eigenvalue weighted by Gasteiger charge is -2.35. The van der Waals surface area contributed by atoms with Gasteiger partial charge >= 0.3 is 0 Å². The molecule has 0 amide bonds. The predicted octanol–water partition coefficient (Wildman–Crippen LogP) is 4.58. The Bertz CT molecular complexity index is 144. The van der Waals surface area contributed by atoms with Crippen LogP contribution in [0.5, 0.6) is 0 Å². The molecule has 13 heavy (non-hydrogen) atoms. The van der Waals surface area contributed by atoms with Crippen LogP contribution in [0.2, 0.25) is 24.2 Å². The van der Waals surface area contributed by atoms with Gasteiger partial charge in [0.1, 0.15) is 0 Å².